The van der Waals surface area contributed by atoms with E-state index in [0.29, 0.717) is 33.3 Å². The Kier molecular flexibility index (Phi) is 2.50. The highest BCUT2D eigenvalue weighted by molar-refractivity contribution is 6.31. The van der Waals surface area contributed by atoms with Gasteiger partial charge in [-0.2, -0.15) is 0 Å². The molecule has 98 valence electrons. The van der Waals surface area contributed by atoms with Gasteiger partial charge in [-0.15, -0.1) is 0 Å². The van der Waals surface area contributed by atoms with Gasteiger partial charge in [-0.1, -0.05) is 11.6 Å². The Morgan fingerprint density at radius 1 is 1.11 bits per heavy atom. The zero-order chi connectivity index (χ0) is 13.7. The van der Waals surface area contributed by atoms with Gasteiger partial charge in [-0.25, -0.2) is 0 Å². The Morgan fingerprint density at radius 2 is 1.79 bits per heavy atom. The normalized spacial score (nSPS) is 12.2. The molecule has 2 aromatic carbocycles. The highest BCUT2D eigenvalue weighted by Gasteiger charge is 2.26. The molecular weight excluding hydrogens is 266 g/mol. The molecule has 2 aromatic rings. The Bertz CT molecular complexity index is 698. The predicted octanol–water partition coefficient (Wildman–Crippen LogP) is 4.22. The molecule has 0 fully saturated rings. The fraction of sp³-hybridized carbons (Fsp3) is 0.143. The lowest BCUT2D eigenvalue weighted by Gasteiger charge is -2.25. The Balaban J connectivity index is 2.23. The number of aromatic hydroxyl groups is 2. The lowest BCUT2D eigenvalue weighted by atomic mass is 10.0. The first kappa shape index (κ1) is 12.0. The number of fused-ring (bicyclic) bond motifs is 2. The summed E-state index contributed by atoms with van der Waals surface area (Å²) in [6.07, 6.45) is 0. The fourth-order valence-corrected chi connectivity index (χ4v) is 2.26. The van der Waals surface area contributed by atoms with Gasteiger partial charge in [0.2, 0.25) is 0 Å². The first-order valence-electron chi connectivity index (χ1n) is 5.78. The molecule has 1 heterocycles. The summed E-state index contributed by atoms with van der Waals surface area (Å²) < 4.78 is 5.65. The van der Waals surface area contributed by atoms with Crippen molar-refractivity contribution in [3.05, 3.63) is 34.3 Å². The molecule has 0 saturated carbocycles. The predicted molar refractivity (Wildman–Crippen MR) is 74.1 cm³/mol. The molecule has 4 nitrogen and oxygen atoms in total. The smallest absolute Gasteiger partial charge is 0.196 e. The maximum atomic E-state index is 10.2. The van der Waals surface area contributed by atoms with Crippen molar-refractivity contribution in [2.24, 2.45) is 0 Å². The lowest BCUT2D eigenvalue weighted by molar-refractivity contribution is 0.399. The lowest BCUT2D eigenvalue weighted by Crippen LogP contribution is -2.05. The quantitative estimate of drug-likeness (QED) is 0.425. The van der Waals surface area contributed by atoms with Gasteiger partial charge in [0.15, 0.2) is 17.2 Å². The largest absolute Gasteiger partial charge is 0.505 e. The number of rotatable bonds is 0. The summed E-state index contributed by atoms with van der Waals surface area (Å²) in [4.78, 5) is 0. The van der Waals surface area contributed by atoms with Crippen LogP contribution in [0.5, 0.6) is 23.0 Å². The summed E-state index contributed by atoms with van der Waals surface area (Å²) in [6.45, 7) is 3.46. The second-order valence-corrected chi connectivity index (χ2v) is 4.96. The van der Waals surface area contributed by atoms with Crippen LogP contribution in [0.25, 0.3) is 0 Å². The first-order chi connectivity index (χ1) is 8.99. The minimum Gasteiger partial charge on any atom is -0.505 e. The van der Waals surface area contributed by atoms with Crippen LogP contribution in [0.2, 0.25) is 5.02 Å². The minimum atomic E-state index is 0.0263. The van der Waals surface area contributed by atoms with Gasteiger partial charge in [0.25, 0.3) is 0 Å². The number of hydrogen-bond donors (Lipinski definition) is 3. The number of halogens is 1. The molecule has 0 amide bonds. The summed E-state index contributed by atoms with van der Waals surface area (Å²) in [5.74, 6) is 0.875. The highest BCUT2D eigenvalue weighted by atomic mass is 35.5. The van der Waals surface area contributed by atoms with Gasteiger partial charge in [0, 0.05) is 10.6 Å². The van der Waals surface area contributed by atoms with Crippen molar-refractivity contribution in [2.45, 2.75) is 13.8 Å². The number of nitrogens with one attached hydrogen (secondary N) is 1. The average Bonchev–Trinajstić information content (AvgIpc) is 2.41. The van der Waals surface area contributed by atoms with Gasteiger partial charge in [-0.05, 0) is 37.6 Å². The number of phenolic OH excluding ortho intramolecular Hbond substituents is 2. The number of benzene rings is 2. The number of hydrogen-bond acceptors (Lipinski definition) is 4. The molecule has 3 rings (SSSR count). The van der Waals surface area contributed by atoms with Crippen LogP contribution in [0.3, 0.4) is 0 Å². The summed E-state index contributed by atoms with van der Waals surface area (Å²) in [7, 11) is 0. The highest BCUT2D eigenvalue weighted by Crippen LogP contribution is 2.53. The molecule has 0 saturated heterocycles. The van der Waals surface area contributed by atoms with E-state index in [1.54, 1.807) is 32.0 Å². The molecule has 3 N–H and O–H groups in total. The monoisotopic (exact) mass is 277 g/mol. The number of ether oxygens (including phenoxy) is 1. The van der Waals surface area contributed by atoms with Crippen LogP contribution in [-0.4, -0.2) is 10.2 Å². The van der Waals surface area contributed by atoms with Crippen LogP contribution >= 0.6 is 11.6 Å². The number of anilines is 2. The van der Waals surface area contributed by atoms with Crippen molar-refractivity contribution >= 4 is 23.0 Å². The third kappa shape index (κ3) is 1.68. The van der Waals surface area contributed by atoms with Gasteiger partial charge in [-0.3, -0.25) is 0 Å². The fourth-order valence-electron chi connectivity index (χ4n) is 2.09. The van der Waals surface area contributed by atoms with Crippen molar-refractivity contribution in [1.29, 1.82) is 0 Å². The van der Waals surface area contributed by atoms with E-state index < -0.39 is 0 Å². The average molecular weight is 278 g/mol. The molecule has 0 spiro atoms. The van der Waals surface area contributed by atoms with E-state index in [1.807, 2.05) is 0 Å². The van der Waals surface area contributed by atoms with E-state index in [4.69, 9.17) is 16.3 Å². The van der Waals surface area contributed by atoms with Crippen LogP contribution < -0.4 is 10.1 Å². The molecule has 0 radical (unpaired) electrons. The topological polar surface area (TPSA) is 61.7 Å². The zero-order valence-electron chi connectivity index (χ0n) is 10.4. The minimum absolute atomic E-state index is 0.0263. The van der Waals surface area contributed by atoms with Gasteiger partial charge < -0.3 is 20.3 Å². The van der Waals surface area contributed by atoms with Crippen molar-refractivity contribution in [3.63, 3.8) is 0 Å². The van der Waals surface area contributed by atoms with Crippen LogP contribution in [0, 0.1) is 13.8 Å². The van der Waals surface area contributed by atoms with Crippen LogP contribution in [0.4, 0.5) is 11.4 Å². The molecule has 0 aliphatic carbocycles. The first-order valence-corrected chi connectivity index (χ1v) is 6.16. The zero-order valence-corrected chi connectivity index (χ0v) is 11.2. The SMILES string of the molecule is Cc1c(C)c(O)c2c(c1O)Nc1cc(Cl)ccc1O2. The molecule has 5 heteroatoms. The van der Waals surface area contributed by atoms with E-state index in [0.717, 1.165) is 0 Å². The summed E-state index contributed by atoms with van der Waals surface area (Å²) in [5.41, 5.74) is 2.21. The number of phenols is 2. The van der Waals surface area contributed by atoms with E-state index in [-0.39, 0.29) is 17.2 Å². The Morgan fingerprint density at radius 3 is 2.53 bits per heavy atom. The standard InChI is InChI=1S/C14H12ClNO3/c1-6-7(2)13(18)14-11(12(6)17)16-9-5-8(15)3-4-10(9)19-14/h3-5,16-18H,1-2H3. The van der Waals surface area contributed by atoms with Crippen molar-refractivity contribution < 1.29 is 14.9 Å². The molecule has 0 bridgehead atoms. The van der Waals surface area contributed by atoms with Gasteiger partial charge in [0.05, 0.1) is 5.69 Å². The summed E-state index contributed by atoms with van der Waals surface area (Å²) >= 11 is 5.92. The molecular formula is C14H12ClNO3. The molecule has 1 aliphatic heterocycles. The van der Waals surface area contributed by atoms with E-state index in [1.165, 1.54) is 0 Å². The van der Waals surface area contributed by atoms with E-state index >= 15 is 0 Å². The third-order valence-corrected chi connectivity index (χ3v) is 3.60. The van der Waals surface area contributed by atoms with Crippen LogP contribution in [0.1, 0.15) is 11.1 Å². The maximum absolute atomic E-state index is 10.2. The molecule has 19 heavy (non-hydrogen) atoms. The van der Waals surface area contributed by atoms with E-state index in [2.05, 4.69) is 5.32 Å². The molecule has 0 atom stereocenters. The van der Waals surface area contributed by atoms with Gasteiger partial charge >= 0.3 is 0 Å². The molecule has 0 unspecified atom stereocenters. The summed E-state index contributed by atoms with van der Waals surface area (Å²) in [5, 5.41) is 23.9. The molecule has 0 aromatic heterocycles. The van der Waals surface area contributed by atoms with Crippen molar-refractivity contribution in [1.82, 2.24) is 0 Å². The molecule has 1 aliphatic rings. The maximum Gasteiger partial charge on any atom is 0.196 e. The van der Waals surface area contributed by atoms with Crippen LogP contribution in [0.15, 0.2) is 18.2 Å². The Labute approximate surface area is 115 Å². The van der Waals surface area contributed by atoms with Gasteiger partial charge in [0.1, 0.15) is 11.4 Å². The van der Waals surface area contributed by atoms with Crippen LogP contribution in [-0.2, 0) is 0 Å². The van der Waals surface area contributed by atoms with Crippen molar-refractivity contribution in [3.8, 4) is 23.0 Å². The second kappa shape index (κ2) is 3.96. The third-order valence-electron chi connectivity index (χ3n) is 3.37. The summed E-state index contributed by atoms with van der Waals surface area (Å²) in [6, 6.07) is 5.11. The van der Waals surface area contributed by atoms with Crippen molar-refractivity contribution in [2.75, 3.05) is 5.32 Å². The Hall–Kier alpha value is -2.07. The second-order valence-electron chi connectivity index (χ2n) is 4.52. The van der Waals surface area contributed by atoms with E-state index in [9.17, 15) is 10.2 Å².